The highest BCUT2D eigenvalue weighted by molar-refractivity contribution is 7.96. The third-order valence-electron chi connectivity index (χ3n) is 6.63. The van der Waals surface area contributed by atoms with Gasteiger partial charge in [-0.3, -0.25) is 9.79 Å². The first-order chi connectivity index (χ1) is 16.9. The first kappa shape index (κ1) is 25.9. The predicted octanol–water partition coefficient (Wildman–Crippen LogP) is 3.85. The number of rotatable bonds is 5. The van der Waals surface area contributed by atoms with Gasteiger partial charge in [0, 0.05) is 6.54 Å². The van der Waals surface area contributed by atoms with Gasteiger partial charge in [-0.15, -0.1) is 0 Å². The van der Waals surface area contributed by atoms with Gasteiger partial charge in [0.25, 0.3) is 5.91 Å². The highest BCUT2D eigenvalue weighted by atomic mass is 32.2. The number of halogens is 3. The Bertz CT molecular complexity index is 1320. The Morgan fingerprint density at radius 2 is 1.97 bits per heavy atom. The largest absolute Gasteiger partial charge is 0.433 e. The lowest BCUT2D eigenvalue weighted by molar-refractivity contribution is -0.0500. The number of aliphatic imine (C=N–C) groups is 1. The quantitative estimate of drug-likeness (QED) is 0.611. The number of nitrogens with two attached hydrogens (primary N) is 1. The molecule has 0 bridgehead atoms. The zero-order chi connectivity index (χ0) is 26.3. The van der Waals surface area contributed by atoms with Gasteiger partial charge in [-0.25, -0.2) is 22.9 Å². The number of nitrogens with zero attached hydrogens (tertiary/aromatic N) is 4. The van der Waals surface area contributed by atoms with Crippen LogP contribution in [0.15, 0.2) is 39.8 Å². The second-order valence-corrected chi connectivity index (χ2v) is 12.3. The van der Waals surface area contributed by atoms with Gasteiger partial charge < -0.3 is 15.8 Å². The number of nitrogens with one attached hydrogen (secondary N) is 1. The smallest absolute Gasteiger partial charge is 0.387 e. The Labute approximate surface area is 206 Å². The number of aromatic nitrogens is 2. The number of amides is 1. The van der Waals surface area contributed by atoms with Gasteiger partial charge in [-0.1, -0.05) is 6.42 Å². The van der Waals surface area contributed by atoms with E-state index in [9.17, 15) is 17.8 Å². The normalized spacial score (nSPS) is 27.3. The van der Waals surface area contributed by atoms with Crippen molar-refractivity contribution in [3.8, 4) is 5.75 Å². The van der Waals surface area contributed by atoms with Gasteiger partial charge >= 0.3 is 6.61 Å². The summed E-state index contributed by atoms with van der Waals surface area (Å²) < 4.78 is 61.9. The second-order valence-electron chi connectivity index (χ2n) is 9.30. The summed E-state index contributed by atoms with van der Waals surface area (Å²) in [5.41, 5.74) is 4.69. The lowest BCUT2D eigenvalue weighted by atomic mass is 9.88. The Morgan fingerprint density at radius 3 is 2.64 bits per heavy atom. The van der Waals surface area contributed by atoms with Crippen molar-refractivity contribution in [3.63, 3.8) is 0 Å². The van der Waals surface area contributed by atoms with Crippen LogP contribution in [0.2, 0.25) is 0 Å². The lowest BCUT2D eigenvalue weighted by Crippen LogP contribution is -2.59. The van der Waals surface area contributed by atoms with Gasteiger partial charge in [0.2, 0.25) is 0 Å². The molecule has 2 aliphatic heterocycles. The van der Waals surface area contributed by atoms with E-state index in [4.69, 9.17) is 5.73 Å². The van der Waals surface area contributed by atoms with Crippen LogP contribution in [-0.4, -0.2) is 49.1 Å². The molecule has 194 valence electrons. The summed E-state index contributed by atoms with van der Waals surface area (Å²) >= 11 is 0. The summed E-state index contributed by atoms with van der Waals surface area (Å²) in [5.74, 6) is -1.49. The highest BCUT2D eigenvalue weighted by Gasteiger charge is 2.56. The molecule has 2 aromatic heterocycles. The molecular formula is C23H27F3N6O3S. The molecule has 4 rings (SSSR count). The summed E-state index contributed by atoms with van der Waals surface area (Å²) in [7, 11) is -2.96. The predicted molar refractivity (Wildman–Crippen MR) is 129 cm³/mol. The van der Waals surface area contributed by atoms with Crippen molar-refractivity contribution >= 4 is 27.3 Å². The molecule has 0 saturated heterocycles. The van der Waals surface area contributed by atoms with Crippen molar-refractivity contribution in [3.05, 3.63) is 47.7 Å². The number of fused-ring (bicyclic) bond motifs is 1. The van der Waals surface area contributed by atoms with Gasteiger partial charge in [0.05, 0.1) is 21.2 Å². The monoisotopic (exact) mass is 524 g/mol. The summed E-state index contributed by atoms with van der Waals surface area (Å²) in [6.07, 6.45) is 2.97. The molecule has 3 atom stereocenters. The number of carbonyl (C=O) groups excluding carboxylic acids is 1. The van der Waals surface area contributed by atoms with Crippen LogP contribution in [0.5, 0.6) is 5.75 Å². The highest BCUT2D eigenvalue weighted by Crippen LogP contribution is 2.46. The Kier molecular flexibility index (Phi) is 6.71. The van der Waals surface area contributed by atoms with Crippen molar-refractivity contribution in [2.24, 2.45) is 15.1 Å². The van der Waals surface area contributed by atoms with Crippen LogP contribution in [0.4, 0.5) is 19.0 Å². The molecular weight excluding hydrogens is 497 g/mol. The van der Waals surface area contributed by atoms with Crippen molar-refractivity contribution in [2.45, 2.75) is 62.2 Å². The molecule has 0 aliphatic carbocycles. The van der Waals surface area contributed by atoms with Crippen molar-refractivity contribution in [1.29, 1.82) is 0 Å². The van der Waals surface area contributed by atoms with Crippen LogP contribution in [0.1, 0.15) is 56.2 Å². The van der Waals surface area contributed by atoms with E-state index in [2.05, 4.69) is 29.4 Å². The van der Waals surface area contributed by atoms with Crippen molar-refractivity contribution in [1.82, 2.24) is 9.97 Å². The molecule has 2 aliphatic rings. The van der Waals surface area contributed by atoms with Crippen LogP contribution in [-0.2, 0) is 15.3 Å². The van der Waals surface area contributed by atoms with Crippen LogP contribution in [0.25, 0.3) is 0 Å². The third kappa shape index (κ3) is 4.40. The van der Waals surface area contributed by atoms with E-state index in [-0.39, 0.29) is 28.8 Å². The Morgan fingerprint density at radius 1 is 1.22 bits per heavy atom. The molecule has 2 aromatic rings. The number of hydrogen-bond acceptors (Lipinski definition) is 8. The maximum absolute atomic E-state index is 15.2. The fraction of sp³-hybridized carbons (Fsp3) is 0.478. The molecule has 4 heterocycles. The molecule has 0 saturated carbocycles. The maximum Gasteiger partial charge on any atom is 0.387 e. The fourth-order valence-corrected chi connectivity index (χ4v) is 7.78. The van der Waals surface area contributed by atoms with Crippen LogP contribution in [0.3, 0.4) is 0 Å². The topological polar surface area (TPSA) is 132 Å². The number of hydrogen-bond donors (Lipinski definition) is 2. The molecule has 1 amide bonds. The van der Waals surface area contributed by atoms with Gasteiger partial charge in [-0.2, -0.15) is 8.78 Å². The molecule has 13 heteroatoms. The van der Waals surface area contributed by atoms with E-state index in [1.54, 1.807) is 20.8 Å². The van der Waals surface area contributed by atoms with Gasteiger partial charge in [-0.05, 0) is 57.9 Å². The number of amidine groups is 1. The Balaban J connectivity index is 1.70. The summed E-state index contributed by atoms with van der Waals surface area (Å²) in [6, 6.07) is 4.78. The van der Waals surface area contributed by atoms with E-state index in [0.29, 0.717) is 13.0 Å². The number of anilines is 1. The summed E-state index contributed by atoms with van der Waals surface area (Å²) in [5, 5.41) is 1.87. The average Bonchev–Trinajstić information content (AvgIpc) is 3.02. The minimum Gasteiger partial charge on any atom is -0.433 e. The lowest BCUT2D eigenvalue weighted by Gasteiger charge is -2.45. The van der Waals surface area contributed by atoms with Crippen molar-refractivity contribution in [2.75, 3.05) is 11.9 Å². The minimum absolute atomic E-state index is 0.00277. The molecule has 0 radical (unpaired) electrons. The number of pyridine rings is 2. The molecule has 0 fully saturated rings. The van der Waals surface area contributed by atoms with Crippen LogP contribution in [0, 0.1) is 5.82 Å². The first-order valence-corrected chi connectivity index (χ1v) is 12.9. The standard InChI is InChI=1S/C23H27F3N6O3S/c1-22(2)20(27)32-23(3,16-6-4-5-11-29-36(16,22)34)18-14(24)8-10-17(30-18)31-19(33)15-9-7-13(12-28-15)35-21(25)26/h7-10,12,16,21H,4-6,11H2,1-3H3,(H2,27,32)(H,30,31,33)/t16-,23-,36-/m0/s1. The SMILES string of the molecule is CC1(C)C(N)=N[C@](C)(c2nc(NC(=O)c3ccc(OC(F)F)cn3)ccc2F)[C@@H]2CCCCN=[S@]21=O. The minimum atomic E-state index is -3.02. The molecule has 0 spiro atoms. The van der Waals surface area contributed by atoms with Crippen LogP contribution < -0.4 is 15.8 Å². The average molecular weight is 525 g/mol. The molecule has 0 unspecified atom stereocenters. The van der Waals surface area contributed by atoms with Crippen molar-refractivity contribution < 1.29 is 26.9 Å². The van der Waals surface area contributed by atoms with E-state index >= 15 is 4.39 Å². The second kappa shape index (κ2) is 9.34. The van der Waals surface area contributed by atoms with E-state index in [1.807, 2.05) is 0 Å². The van der Waals surface area contributed by atoms with E-state index in [1.165, 1.54) is 18.2 Å². The molecule has 9 nitrogen and oxygen atoms in total. The maximum atomic E-state index is 15.2. The molecule has 36 heavy (non-hydrogen) atoms. The first-order valence-electron chi connectivity index (χ1n) is 11.3. The van der Waals surface area contributed by atoms with Crippen LogP contribution >= 0.6 is 0 Å². The summed E-state index contributed by atoms with van der Waals surface area (Å²) in [6.45, 7) is 2.51. The van der Waals surface area contributed by atoms with E-state index < -0.39 is 43.6 Å². The van der Waals surface area contributed by atoms with Gasteiger partial charge in [0.1, 0.15) is 44.9 Å². The zero-order valence-electron chi connectivity index (χ0n) is 20.0. The summed E-state index contributed by atoms with van der Waals surface area (Å²) in [4.78, 5) is 25.4. The fourth-order valence-electron chi connectivity index (χ4n) is 4.55. The number of alkyl halides is 2. The zero-order valence-corrected chi connectivity index (χ0v) is 20.8. The number of ether oxygens (including phenoxy) is 1. The van der Waals surface area contributed by atoms with Gasteiger partial charge in [0.15, 0.2) is 0 Å². The molecule has 0 aromatic carbocycles. The molecule has 3 N–H and O–H groups in total. The number of carbonyl (C=O) groups is 1. The Hall–Kier alpha value is -3.22. The van der Waals surface area contributed by atoms with E-state index in [0.717, 1.165) is 25.1 Å². The third-order valence-corrected chi connectivity index (χ3v) is 10.3.